The number of benzene rings is 3. The highest BCUT2D eigenvalue weighted by Gasteiger charge is 2.32. The molecule has 1 aliphatic rings. The third kappa shape index (κ3) is 7.87. The van der Waals surface area contributed by atoms with Crippen LogP contribution < -0.4 is 14.8 Å². The van der Waals surface area contributed by atoms with Crippen molar-refractivity contribution in [1.82, 2.24) is 10.2 Å². The zero-order chi connectivity index (χ0) is 28.5. The molecule has 0 aliphatic heterocycles. The predicted octanol–water partition coefficient (Wildman–Crippen LogP) is 6.09. The van der Waals surface area contributed by atoms with Crippen LogP contribution in [-0.2, 0) is 22.6 Å². The van der Waals surface area contributed by atoms with Gasteiger partial charge in [0.25, 0.3) is 5.91 Å². The van der Waals surface area contributed by atoms with Crippen molar-refractivity contribution >= 4 is 11.8 Å². The maximum absolute atomic E-state index is 14.0. The monoisotopic (exact) mass is 542 g/mol. The van der Waals surface area contributed by atoms with E-state index in [0.29, 0.717) is 17.9 Å². The zero-order valence-electron chi connectivity index (χ0n) is 24.2. The molecular formula is C34H42N2O4. The Kier molecular flexibility index (Phi) is 10.2. The minimum absolute atomic E-state index is 0.116. The van der Waals surface area contributed by atoms with Gasteiger partial charge in [0.15, 0.2) is 6.61 Å². The van der Waals surface area contributed by atoms with Crippen molar-refractivity contribution in [2.45, 2.75) is 77.9 Å². The molecule has 212 valence electrons. The highest BCUT2D eigenvalue weighted by Crippen LogP contribution is 2.25. The lowest BCUT2D eigenvalue weighted by atomic mass is 9.94. The molecule has 6 heteroatoms. The number of methoxy groups -OCH3 is 1. The molecule has 3 aromatic carbocycles. The maximum Gasteiger partial charge on any atom is 0.261 e. The summed E-state index contributed by atoms with van der Waals surface area (Å²) in [6, 6.07) is 21.0. The van der Waals surface area contributed by atoms with Gasteiger partial charge in [-0.3, -0.25) is 9.59 Å². The number of carbonyl (C=O) groups excluding carboxylic acids is 2. The Bertz CT molecular complexity index is 1280. The van der Waals surface area contributed by atoms with Crippen molar-refractivity contribution in [2.75, 3.05) is 13.7 Å². The van der Waals surface area contributed by atoms with Crippen LogP contribution in [0.1, 0.15) is 59.9 Å². The summed E-state index contributed by atoms with van der Waals surface area (Å²) in [5, 5.41) is 3.28. The number of hydrogen-bond acceptors (Lipinski definition) is 4. The normalized spacial score (nSPS) is 14.3. The summed E-state index contributed by atoms with van der Waals surface area (Å²) >= 11 is 0. The highest BCUT2D eigenvalue weighted by molar-refractivity contribution is 5.88. The van der Waals surface area contributed by atoms with Crippen molar-refractivity contribution in [1.29, 1.82) is 0 Å². The van der Waals surface area contributed by atoms with Crippen LogP contribution in [0.4, 0.5) is 0 Å². The molecule has 1 N–H and O–H groups in total. The lowest BCUT2D eigenvalue weighted by Crippen LogP contribution is -2.53. The van der Waals surface area contributed by atoms with Gasteiger partial charge in [-0.1, -0.05) is 67.8 Å². The van der Waals surface area contributed by atoms with Crippen molar-refractivity contribution in [3.8, 4) is 11.5 Å². The Morgan fingerprint density at radius 3 is 2.38 bits per heavy atom. The van der Waals surface area contributed by atoms with Gasteiger partial charge in [-0.25, -0.2) is 0 Å². The number of carbonyl (C=O) groups is 2. The van der Waals surface area contributed by atoms with E-state index < -0.39 is 6.04 Å². The summed E-state index contributed by atoms with van der Waals surface area (Å²) in [6.07, 6.45) is 5.80. The van der Waals surface area contributed by atoms with E-state index in [4.69, 9.17) is 9.47 Å². The first-order valence-corrected chi connectivity index (χ1v) is 14.3. The Labute approximate surface area is 238 Å². The van der Waals surface area contributed by atoms with Crippen molar-refractivity contribution in [3.05, 3.63) is 94.5 Å². The molecule has 6 nitrogen and oxygen atoms in total. The van der Waals surface area contributed by atoms with Gasteiger partial charge in [0.1, 0.15) is 17.5 Å². The Hall–Kier alpha value is -3.80. The van der Waals surface area contributed by atoms with Gasteiger partial charge in [0.05, 0.1) is 7.11 Å². The van der Waals surface area contributed by atoms with Crippen molar-refractivity contribution in [2.24, 2.45) is 0 Å². The molecule has 0 radical (unpaired) electrons. The fraction of sp³-hybridized carbons (Fsp3) is 0.412. The fourth-order valence-electron chi connectivity index (χ4n) is 5.44. The van der Waals surface area contributed by atoms with E-state index in [0.717, 1.165) is 53.5 Å². The van der Waals surface area contributed by atoms with E-state index in [2.05, 4.69) is 11.4 Å². The third-order valence-electron chi connectivity index (χ3n) is 7.82. The standard InChI is InChI=1S/C34H42N2O4/c1-24-18-25(2)26(3)32(19-24)40-23-33(37)36(22-28-14-11-17-30(20-28)39-4)31(21-27-12-7-5-8-13-27)34(38)35-29-15-9-6-10-16-29/h5,7-8,11-14,17-20,29,31H,6,9-10,15-16,21-23H2,1-4H3,(H,35,38)/t31-/m0/s1. The molecule has 0 spiro atoms. The number of ether oxygens (including phenoxy) is 2. The summed E-state index contributed by atoms with van der Waals surface area (Å²) < 4.78 is 11.5. The first kappa shape index (κ1) is 29.2. The highest BCUT2D eigenvalue weighted by atomic mass is 16.5. The zero-order valence-corrected chi connectivity index (χ0v) is 24.2. The largest absolute Gasteiger partial charge is 0.497 e. The second-order valence-corrected chi connectivity index (χ2v) is 10.9. The smallest absolute Gasteiger partial charge is 0.261 e. The summed E-state index contributed by atoms with van der Waals surface area (Å²) in [6.45, 7) is 6.16. The topological polar surface area (TPSA) is 67.9 Å². The number of nitrogens with zero attached hydrogens (tertiary/aromatic N) is 1. The number of nitrogens with one attached hydrogen (secondary N) is 1. The van der Waals surface area contributed by atoms with Gasteiger partial charge in [-0.15, -0.1) is 0 Å². The Balaban J connectivity index is 1.64. The quantitative estimate of drug-likeness (QED) is 0.319. The lowest BCUT2D eigenvalue weighted by Gasteiger charge is -2.33. The average molecular weight is 543 g/mol. The lowest BCUT2D eigenvalue weighted by molar-refractivity contribution is -0.143. The van der Waals surface area contributed by atoms with Crippen LogP contribution in [-0.4, -0.2) is 42.5 Å². The minimum Gasteiger partial charge on any atom is -0.497 e. The number of hydrogen-bond donors (Lipinski definition) is 1. The molecule has 1 fully saturated rings. The SMILES string of the molecule is COc1cccc(CN(C(=O)COc2cc(C)cc(C)c2C)[C@@H](Cc2ccccc2)C(=O)NC2CCCCC2)c1. The van der Waals surface area contributed by atoms with Crippen molar-refractivity contribution in [3.63, 3.8) is 0 Å². The van der Waals surface area contributed by atoms with Crippen LogP contribution in [0.5, 0.6) is 11.5 Å². The number of aryl methyl sites for hydroxylation is 2. The molecule has 1 aliphatic carbocycles. The molecule has 40 heavy (non-hydrogen) atoms. The summed E-state index contributed by atoms with van der Waals surface area (Å²) in [5.41, 5.74) is 5.09. The van der Waals surface area contributed by atoms with Crippen LogP contribution in [0.3, 0.4) is 0 Å². The second kappa shape index (κ2) is 14.0. The van der Waals surface area contributed by atoms with E-state index in [1.165, 1.54) is 6.42 Å². The van der Waals surface area contributed by atoms with Gasteiger partial charge in [0.2, 0.25) is 5.91 Å². The van der Waals surface area contributed by atoms with Gasteiger partial charge >= 0.3 is 0 Å². The molecule has 3 aromatic rings. The molecule has 0 unspecified atom stereocenters. The average Bonchev–Trinajstić information content (AvgIpc) is 2.97. The Morgan fingerprint density at radius 1 is 0.925 bits per heavy atom. The van der Waals surface area contributed by atoms with Crippen LogP contribution >= 0.6 is 0 Å². The molecule has 0 heterocycles. The van der Waals surface area contributed by atoms with E-state index in [9.17, 15) is 9.59 Å². The molecule has 0 aromatic heterocycles. The summed E-state index contributed by atoms with van der Waals surface area (Å²) in [5.74, 6) is 1.05. The van der Waals surface area contributed by atoms with Crippen molar-refractivity contribution < 1.29 is 19.1 Å². The summed E-state index contributed by atoms with van der Waals surface area (Å²) in [4.78, 5) is 29.6. The van der Waals surface area contributed by atoms with E-state index in [-0.39, 0.29) is 31.0 Å². The fourth-order valence-corrected chi connectivity index (χ4v) is 5.44. The molecule has 0 bridgehead atoms. The van der Waals surface area contributed by atoms with Crippen LogP contribution in [0, 0.1) is 20.8 Å². The molecule has 4 rings (SSSR count). The molecule has 2 amide bonds. The van der Waals surface area contributed by atoms with Crippen LogP contribution in [0.2, 0.25) is 0 Å². The van der Waals surface area contributed by atoms with Gasteiger partial charge in [-0.2, -0.15) is 0 Å². The molecular weight excluding hydrogens is 500 g/mol. The first-order chi connectivity index (χ1) is 19.3. The third-order valence-corrected chi connectivity index (χ3v) is 7.82. The van der Waals surface area contributed by atoms with Gasteiger partial charge < -0.3 is 19.7 Å². The Morgan fingerprint density at radius 2 is 1.65 bits per heavy atom. The first-order valence-electron chi connectivity index (χ1n) is 14.3. The van der Waals surface area contributed by atoms with Gasteiger partial charge in [0, 0.05) is 19.0 Å². The van der Waals surface area contributed by atoms with Gasteiger partial charge in [-0.05, 0) is 79.6 Å². The second-order valence-electron chi connectivity index (χ2n) is 10.9. The van der Waals surface area contributed by atoms with Crippen LogP contribution in [0.15, 0.2) is 66.7 Å². The number of amides is 2. The van der Waals surface area contributed by atoms with E-state index in [1.54, 1.807) is 12.0 Å². The molecule has 1 atom stereocenters. The molecule has 1 saturated carbocycles. The summed E-state index contributed by atoms with van der Waals surface area (Å²) in [7, 11) is 1.62. The minimum atomic E-state index is -0.688. The maximum atomic E-state index is 14.0. The van der Waals surface area contributed by atoms with Crippen LogP contribution in [0.25, 0.3) is 0 Å². The molecule has 0 saturated heterocycles. The predicted molar refractivity (Wildman–Crippen MR) is 159 cm³/mol. The number of rotatable bonds is 11. The van der Waals surface area contributed by atoms with E-state index >= 15 is 0 Å². The van der Waals surface area contributed by atoms with E-state index in [1.807, 2.05) is 81.4 Å².